The fraction of sp³-hybridized carbons (Fsp3) is 0.389. The molecule has 0 aromatic heterocycles. The molecule has 1 unspecified atom stereocenters. The second kappa shape index (κ2) is 7.67. The number of hydrogen-bond donors (Lipinski definition) is 2. The molecule has 2 aromatic rings. The molecule has 0 radical (unpaired) electrons. The fourth-order valence-corrected chi connectivity index (χ4v) is 2.98. The molecule has 1 heterocycles. The zero-order valence-electron chi connectivity index (χ0n) is 13.8. The van der Waals surface area contributed by atoms with Gasteiger partial charge in [0, 0.05) is 38.1 Å². The first-order valence-electron chi connectivity index (χ1n) is 8.23. The molecule has 1 aliphatic heterocycles. The molecule has 0 aliphatic carbocycles. The minimum Gasteiger partial charge on any atom is -0.488 e. The lowest BCUT2D eigenvalue weighted by Crippen LogP contribution is -2.50. The fourth-order valence-electron chi connectivity index (χ4n) is 2.98. The highest BCUT2D eigenvalue weighted by Gasteiger charge is 2.22. The van der Waals surface area contributed by atoms with Crippen molar-refractivity contribution in [2.24, 2.45) is 0 Å². The van der Waals surface area contributed by atoms with Gasteiger partial charge in [-0.25, -0.2) is 9.18 Å². The van der Waals surface area contributed by atoms with Crippen LogP contribution in [-0.4, -0.2) is 71.5 Å². The summed E-state index contributed by atoms with van der Waals surface area (Å²) < 4.78 is 19.9. The van der Waals surface area contributed by atoms with Crippen LogP contribution in [0.1, 0.15) is 0 Å². The van der Waals surface area contributed by atoms with Gasteiger partial charge in [0.05, 0.1) is 0 Å². The Labute approximate surface area is 145 Å². The number of halogens is 1. The van der Waals surface area contributed by atoms with Crippen LogP contribution in [0.3, 0.4) is 0 Å². The third-order valence-electron chi connectivity index (χ3n) is 4.37. The van der Waals surface area contributed by atoms with Crippen LogP contribution in [0.5, 0.6) is 5.75 Å². The Hall–Kier alpha value is -2.38. The van der Waals surface area contributed by atoms with Gasteiger partial charge >= 0.3 is 6.09 Å². The first-order chi connectivity index (χ1) is 12.0. The largest absolute Gasteiger partial charge is 0.488 e. The molecule has 1 amide bonds. The van der Waals surface area contributed by atoms with Crippen molar-refractivity contribution in [2.45, 2.75) is 6.10 Å². The molecular formula is C18H21FN2O4. The Morgan fingerprint density at radius 3 is 2.60 bits per heavy atom. The third kappa shape index (κ3) is 4.18. The van der Waals surface area contributed by atoms with Crippen LogP contribution >= 0.6 is 0 Å². The van der Waals surface area contributed by atoms with Crippen LogP contribution in [0.25, 0.3) is 10.8 Å². The Balaban J connectivity index is 1.52. The summed E-state index contributed by atoms with van der Waals surface area (Å²) in [6.07, 6.45) is -1.70. The normalized spacial score (nSPS) is 16.8. The number of carboxylic acid groups (broad SMARTS) is 1. The van der Waals surface area contributed by atoms with E-state index in [1.165, 1.54) is 4.90 Å². The summed E-state index contributed by atoms with van der Waals surface area (Å²) in [6.45, 7) is 2.31. The van der Waals surface area contributed by atoms with Crippen molar-refractivity contribution >= 4 is 16.9 Å². The van der Waals surface area contributed by atoms with Gasteiger partial charge in [-0.2, -0.15) is 0 Å². The number of ether oxygens (including phenoxy) is 1. The molecule has 134 valence electrons. The zero-order valence-corrected chi connectivity index (χ0v) is 13.8. The van der Waals surface area contributed by atoms with Gasteiger partial charge in [-0.1, -0.05) is 30.3 Å². The lowest BCUT2D eigenvalue weighted by molar-refractivity contribution is 0.0456. The summed E-state index contributed by atoms with van der Waals surface area (Å²) in [7, 11) is 0. The quantitative estimate of drug-likeness (QED) is 0.865. The molecule has 1 saturated heterocycles. The van der Waals surface area contributed by atoms with E-state index in [0.717, 1.165) is 5.39 Å². The number of β-amino-alcohol motifs (C(OH)–C–C–N with tert-alkyl or cyclic N) is 1. The van der Waals surface area contributed by atoms with Crippen LogP contribution in [0.2, 0.25) is 0 Å². The van der Waals surface area contributed by atoms with Crippen molar-refractivity contribution in [3.63, 3.8) is 0 Å². The van der Waals surface area contributed by atoms with Crippen molar-refractivity contribution in [3.8, 4) is 5.75 Å². The molecule has 3 rings (SSSR count). The SMILES string of the molecule is O=C(O)N1CCN(CC(O)COc2ccc3ccccc3c2F)CC1. The number of piperazine rings is 1. The van der Waals surface area contributed by atoms with E-state index in [1.807, 2.05) is 17.0 Å². The zero-order chi connectivity index (χ0) is 17.8. The van der Waals surface area contributed by atoms with E-state index in [-0.39, 0.29) is 12.4 Å². The standard InChI is InChI=1S/C18H21FN2O4/c19-17-15-4-2-1-3-13(15)5-6-16(17)25-12-14(22)11-20-7-9-21(10-8-20)18(23)24/h1-6,14,22H,7-12H2,(H,23,24). The lowest BCUT2D eigenvalue weighted by atomic mass is 10.1. The first kappa shape index (κ1) is 17.4. The molecule has 7 heteroatoms. The molecule has 1 atom stereocenters. The third-order valence-corrected chi connectivity index (χ3v) is 4.37. The smallest absolute Gasteiger partial charge is 0.407 e. The number of hydrogen-bond acceptors (Lipinski definition) is 4. The van der Waals surface area contributed by atoms with E-state index in [1.54, 1.807) is 24.3 Å². The van der Waals surface area contributed by atoms with Gasteiger partial charge in [0.2, 0.25) is 0 Å². The Morgan fingerprint density at radius 2 is 1.88 bits per heavy atom. The highest BCUT2D eigenvalue weighted by atomic mass is 19.1. The lowest BCUT2D eigenvalue weighted by Gasteiger charge is -2.34. The van der Waals surface area contributed by atoms with E-state index >= 15 is 0 Å². The summed E-state index contributed by atoms with van der Waals surface area (Å²) in [5, 5.41) is 20.3. The molecule has 2 aromatic carbocycles. The maximum Gasteiger partial charge on any atom is 0.407 e. The van der Waals surface area contributed by atoms with E-state index in [0.29, 0.717) is 38.1 Å². The van der Waals surface area contributed by atoms with E-state index in [4.69, 9.17) is 9.84 Å². The van der Waals surface area contributed by atoms with Crippen molar-refractivity contribution in [2.75, 3.05) is 39.3 Å². The van der Waals surface area contributed by atoms with Gasteiger partial charge in [0.15, 0.2) is 11.6 Å². The average molecular weight is 348 g/mol. The molecule has 2 N–H and O–H groups in total. The minimum atomic E-state index is -0.921. The number of benzene rings is 2. The van der Waals surface area contributed by atoms with Crippen LogP contribution < -0.4 is 4.74 Å². The summed E-state index contributed by atoms with van der Waals surface area (Å²) in [4.78, 5) is 14.2. The first-order valence-corrected chi connectivity index (χ1v) is 8.23. The molecule has 1 aliphatic rings. The number of rotatable bonds is 5. The van der Waals surface area contributed by atoms with Gasteiger partial charge in [-0.3, -0.25) is 4.90 Å². The minimum absolute atomic E-state index is 0.0194. The maximum atomic E-state index is 14.4. The Morgan fingerprint density at radius 1 is 1.16 bits per heavy atom. The van der Waals surface area contributed by atoms with Crippen molar-refractivity contribution < 1.29 is 24.1 Å². The van der Waals surface area contributed by atoms with Crippen LogP contribution in [0, 0.1) is 5.82 Å². The average Bonchev–Trinajstić information content (AvgIpc) is 2.62. The number of fused-ring (bicyclic) bond motifs is 1. The second-order valence-electron chi connectivity index (χ2n) is 6.13. The van der Waals surface area contributed by atoms with Crippen LogP contribution in [-0.2, 0) is 0 Å². The molecular weight excluding hydrogens is 327 g/mol. The molecule has 6 nitrogen and oxygen atoms in total. The summed E-state index contributed by atoms with van der Waals surface area (Å²) in [6, 6.07) is 10.5. The molecule has 0 spiro atoms. The second-order valence-corrected chi connectivity index (χ2v) is 6.13. The van der Waals surface area contributed by atoms with Gasteiger partial charge in [-0.15, -0.1) is 0 Å². The van der Waals surface area contributed by atoms with E-state index in [2.05, 4.69) is 0 Å². The number of carbonyl (C=O) groups is 1. The molecule has 0 bridgehead atoms. The van der Waals surface area contributed by atoms with Gasteiger partial charge in [0.25, 0.3) is 0 Å². The van der Waals surface area contributed by atoms with Crippen molar-refractivity contribution in [3.05, 3.63) is 42.2 Å². The number of amides is 1. The van der Waals surface area contributed by atoms with Gasteiger partial charge < -0.3 is 19.8 Å². The molecule has 0 saturated carbocycles. The summed E-state index contributed by atoms with van der Waals surface area (Å²) in [5.41, 5.74) is 0. The summed E-state index contributed by atoms with van der Waals surface area (Å²) in [5.74, 6) is -0.311. The van der Waals surface area contributed by atoms with E-state index < -0.39 is 18.0 Å². The molecule has 1 fully saturated rings. The predicted octanol–water partition coefficient (Wildman–Crippen LogP) is 2.01. The van der Waals surface area contributed by atoms with E-state index in [9.17, 15) is 14.3 Å². The van der Waals surface area contributed by atoms with Crippen molar-refractivity contribution in [1.82, 2.24) is 9.80 Å². The topological polar surface area (TPSA) is 73.2 Å². The van der Waals surface area contributed by atoms with Crippen molar-refractivity contribution in [1.29, 1.82) is 0 Å². The number of nitrogens with zero attached hydrogens (tertiary/aromatic N) is 2. The maximum absolute atomic E-state index is 14.4. The Bertz CT molecular complexity index is 747. The Kier molecular flexibility index (Phi) is 5.35. The molecule has 25 heavy (non-hydrogen) atoms. The van der Waals surface area contributed by atoms with Crippen LogP contribution in [0.4, 0.5) is 9.18 Å². The number of aliphatic hydroxyl groups is 1. The highest BCUT2D eigenvalue weighted by Crippen LogP contribution is 2.26. The van der Waals surface area contributed by atoms with Gasteiger partial charge in [-0.05, 0) is 11.5 Å². The highest BCUT2D eigenvalue weighted by molar-refractivity contribution is 5.84. The summed E-state index contributed by atoms with van der Waals surface area (Å²) >= 11 is 0. The monoisotopic (exact) mass is 348 g/mol. The van der Waals surface area contributed by atoms with Crippen LogP contribution in [0.15, 0.2) is 36.4 Å². The number of aliphatic hydroxyl groups excluding tert-OH is 1. The van der Waals surface area contributed by atoms with Gasteiger partial charge in [0.1, 0.15) is 12.7 Å². The predicted molar refractivity (Wildman–Crippen MR) is 91.4 cm³/mol.